The number of benzene rings is 1. The first-order chi connectivity index (χ1) is 11.1. The van der Waals surface area contributed by atoms with Crippen LogP contribution in [0.5, 0.6) is 11.8 Å². The van der Waals surface area contributed by atoms with E-state index in [1.807, 2.05) is 13.0 Å². The van der Waals surface area contributed by atoms with Crippen LogP contribution in [0, 0.1) is 0 Å². The molecule has 1 aromatic carbocycles. The second-order valence-corrected chi connectivity index (χ2v) is 6.07. The maximum Gasteiger partial charge on any atom is 0.318 e. The van der Waals surface area contributed by atoms with Crippen molar-refractivity contribution >= 4 is 28.5 Å². The minimum Gasteiger partial charge on any atom is -0.464 e. The van der Waals surface area contributed by atoms with Gasteiger partial charge in [-0.05, 0) is 37.3 Å². The Morgan fingerprint density at radius 1 is 1.30 bits per heavy atom. The lowest BCUT2D eigenvalue weighted by Crippen LogP contribution is -2.07. The molecule has 1 saturated carbocycles. The van der Waals surface area contributed by atoms with Gasteiger partial charge in [0.1, 0.15) is 10.9 Å². The molecule has 0 atom stereocenters. The lowest BCUT2D eigenvalue weighted by molar-refractivity contribution is -0.131. The van der Waals surface area contributed by atoms with Crippen LogP contribution >= 0.6 is 11.6 Å². The maximum atomic E-state index is 11.4. The highest BCUT2D eigenvalue weighted by Crippen LogP contribution is 2.41. The molecular weight excluding hydrogens is 316 g/mol. The molecule has 5 nitrogen and oxygen atoms in total. The summed E-state index contributed by atoms with van der Waals surface area (Å²) in [6.07, 6.45) is 4.57. The lowest BCUT2D eigenvalue weighted by Gasteiger charge is -2.16. The first-order valence-corrected chi connectivity index (χ1v) is 8.28. The third kappa shape index (κ3) is 3.39. The summed E-state index contributed by atoms with van der Waals surface area (Å²) >= 11 is 6.30. The second-order valence-electron chi connectivity index (χ2n) is 5.71. The molecule has 122 valence electrons. The smallest absolute Gasteiger partial charge is 0.318 e. The Labute approximate surface area is 140 Å². The molecule has 1 aromatic heterocycles. The number of aromatic nitrogens is 2. The van der Waals surface area contributed by atoms with E-state index in [2.05, 4.69) is 9.97 Å². The van der Waals surface area contributed by atoms with Gasteiger partial charge in [0, 0.05) is 18.4 Å². The second kappa shape index (κ2) is 6.71. The number of carbonyl (C=O) groups excluding carboxylic acids is 1. The average molecular weight is 335 g/mol. The van der Waals surface area contributed by atoms with E-state index in [0.717, 1.165) is 23.8 Å². The van der Waals surface area contributed by atoms with Crippen LogP contribution in [-0.4, -0.2) is 22.5 Å². The van der Waals surface area contributed by atoms with Gasteiger partial charge in [-0.2, -0.15) is 9.97 Å². The Balaban J connectivity index is 2.14. The predicted molar refractivity (Wildman–Crippen MR) is 88.2 cm³/mol. The molecule has 0 radical (unpaired) electrons. The monoisotopic (exact) mass is 334 g/mol. The van der Waals surface area contributed by atoms with Crippen LogP contribution in [0.3, 0.4) is 0 Å². The number of rotatable bonds is 4. The molecule has 2 aromatic rings. The van der Waals surface area contributed by atoms with Crippen LogP contribution in [0.15, 0.2) is 12.1 Å². The van der Waals surface area contributed by atoms with Crippen molar-refractivity contribution in [3.05, 3.63) is 22.8 Å². The molecule has 0 bridgehead atoms. The molecule has 0 aliphatic heterocycles. The van der Waals surface area contributed by atoms with Crippen molar-refractivity contribution in [2.45, 2.75) is 45.4 Å². The van der Waals surface area contributed by atoms with Crippen LogP contribution in [0.4, 0.5) is 0 Å². The van der Waals surface area contributed by atoms with Crippen LogP contribution in [-0.2, 0) is 4.79 Å². The Bertz CT molecular complexity index is 742. The first kappa shape index (κ1) is 16.0. The quantitative estimate of drug-likeness (QED) is 0.475. The van der Waals surface area contributed by atoms with Gasteiger partial charge >= 0.3 is 12.0 Å². The van der Waals surface area contributed by atoms with Crippen LogP contribution in [0.2, 0.25) is 5.15 Å². The molecule has 1 aliphatic rings. The van der Waals surface area contributed by atoms with Gasteiger partial charge in [-0.1, -0.05) is 24.4 Å². The van der Waals surface area contributed by atoms with Crippen molar-refractivity contribution < 1.29 is 14.3 Å². The van der Waals surface area contributed by atoms with Gasteiger partial charge < -0.3 is 9.47 Å². The normalized spacial score (nSPS) is 15.1. The number of ether oxygens (including phenoxy) is 2. The van der Waals surface area contributed by atoms with Crippen molar-refractivity contribution in [2.24, 2.45) is 0 Å². The van der Waals surface area contributed by atoms with E-state index in [-0.39, 0.29) is 12.0 Å². The van der Waals surface area contributed by atoms with E-state index in [9.17, 15) is 4.79 Å². The molecule has 23 heavy (non-hydrogen) atoms. The highest BCUT2D eigenvalue weighted by molar-refractivity contribution is 6.34. The summed E-state index contributed by atoms with van der Waals surface area (Å²) in [5, 5.41) is 1.11. The molecule has 3 rings (SSSR count). The minimum absolute atomic E-state index is 0.229. The van der Waals surface area contributed by atoms with Crippen molar-refractivity contribution in [1.82, 2.24) is 9.97 Å². The molecule has 0 saturated heterocycles. The van der Waals surface area contributed by atoms with E-state index < -0.39 is 0 Å². The number of hydrogen-bond acceptors (Lipinski definition) is 5. The van der Waals surface area contributed by atoms with Crippen LogP contribution in [0.25, 0.3) is 10.9 Å². The number of fused-ring (bicyclic) bond motifs is 1. The van der Waals surface area contributed by atoms with Gasteiger partial charge in [-0.25, -0.2) is 0 Å². The average Bonchev–Trinajstić information content (AvgIpc) is 3.00. The minimum atomic E-state index is -0.339. The number of halogens is 1. The Morgan fingerprint density at radius 2 is 2.04 bits per heavy atom. The SMILES string of the molecule is CCOc1nc(Cl)c2cc(C3CCCC3)c(OC(C)=O)cc2n1. The Morgan fingerprint density at radius 3 is 2.70 bits per heavy atom. The van der Waals surface area contributed by atoms with Crippen molar-refractivity contribution in [1.29, 1.82) is 0 Å². The first-order valence-electron chi connectivity index (χ1n) is 7.91. The highest BCUT2D eigenvalue weighted by Gasteiger charge is 2.23. The van der Waals surface area contributed by atoms with Gasteiger partial charge in [0.05, 0.1) is 12.1 Å². The van der Waals surface area contributed by atoms with Crippen LogP contribution < -0.4 is 9.47 Å². The molecule has 0 unspecified atom stereocenters. The summed E-state index contributed by atoms with van der Waals surface area (Å²) in [5.41, 5.74) is 1.63. The third-order valence-electron chi connectivity index (χ3n) is 4.08. The molecular formula is C17H19ClN2O3. The van der Waals surface area contributed by atoms with Gasteiger partial charge in [-0.3, -0.25) is 4.79 Å². The zero-order valence-corrected chi connectivity index (χ0v) is 14.0. The predicted octanol–water partition coefficient (Wildman–Crippen LogP) is 4.26. The summed E-state index contributed by atoms with van der Waals surface area (Å²) in [6, 6.07) is 3.95. The number of carbonyl (C=O) groups is 1. The van der Waals surface area contributed by atoms with E-state index >= 15 is 0 Å². The fourth-order valence-corrected chi connectivity index (χ4v) is 3.33. The van der Waals surface area contributed by atoms with Crippen molar-refractivity contribution in [3.8, 4) is 11.8 Å². The maximum absolute atomic E-state index is 11.4. The zero-order valence-electron chi connectivity index (χ0n) is 13.3. The van der Waals surface area contributed by atoms with Gasteiger partial charge in [0.2, 0.25) is 0 Å². The van der Waals surface area contributed by atoms with E-state index in [1.54, 1.807) is 6.07 Å². The van der Waals surface area contributed by atoms with E-state index in [4.69, 9.17) is 21.1 Å². The standard InChI is InChI=1S/C17H19ClN2O3/c1-3-22-17-19-14-9-15(23-10(2)21)12(11-6-4-5-7-11)8-13(14)16(18)20-17/h8-9,11H,3-7H2,1-2H3. The summed E-state index contributed by atoms with van der Waals surface area (Å²) in [7, 11) is 0. The van der Waals surface area contributed by atoms with Crippen molar-refractivity contribution in [3.63, 3.8) is 0 Å². The molecule has 1 aliphatic carbocycles. The van der Waals surface area contributed by atoms with E-state index in [0.29, 0.717) is 28.9 Å². The molecule has 1 fully saturated rings. The number of hydrogen-bond donors (Lipinski definition) is 0. The molecule has 0 N–H and O–H groups in total. The molecule has 1 heterocycles. The molecule has 6 heteroatoms. The lowest BCUT2D eigenvalue weighted by atomic mass is 9.95. The summed E-state index contributed by atoms with van der Waals surface area (Å²) in [6.45, 7) is 3.72. The number of esters is 1. The number of nitrogens with zero attached hydrogens (tertiary/aromatic N) is 2. The van der Waals surface area contributed by atoms with E-state index in [1.165, 1.54) is 19.8 Å². The third-order valence-corrected chi connectivity index (χ3v) is 4.37. The van der Waals surface area contributed by atoms with Gasteiger partial charge in [-0.15, -0.1) is 0 Å². The molecule has 0 amide bonds. The molecule has 0 spiro atoms. The van der Waals surface area contributed by atoms with Gasteiger partial charge in [0.25, 0.3) is 0 Å². The fraction of sp³-hybridized carbons (Fsp3) is 0.471. The zero-order chi connectivity index (χ0) is 16.4. The largest absolute Gasteiger partial charge is 0.464 e. The summed E-state index contributed by atoms with van der Waals surface area (Å²) in [4.78, 5) is 20.0. The summed E-state index contributed by atoms with van der Waals surface area (Å²) < 4.78 is 10.8. The van der Waals surface area contributed by atoms with Gasteiger partial charge in [0.15, 0.2) is 0 Å². The highest BCUT2D eigenvalue weighted by atomic mass is 35.5. The Kier molecular flexibility index (Phi) is 4.66. The van der Waals surface area contributed by atoms with Crippen LogP contribution in [0.1, 0.15) is 51.0 Å². The van der Waals surface area contributed by atoms with Crippen molar-refractivity contribution in [2.75, 3.05) is 6.61 Å². The Hall–Kier alpha value is -1.88. The topological polar surface area (TPSA) is 61.3 Å². The summed E-state index contributed by atoms with van der Waals surface area (Å²) in [5.74, 6) is 0.610. The fourth-order valence-electron chi connectivity index (χ4n) is 3.11.